The standard InChI is InChI=1S/C17H18N4.3C2H6/c1-20-11-12-7-3-4-8-13(12)16-17(21(2)19-18-16)14-9-5-6-10-15(14)20;3*1-2/h5-10H,3-4,11H2,1-2H3;3*1-2H3. The van der Waals surface area contributed by atoms with Crippen molar-refractivity contribution < 1.29 is 0 Å². The summed E-state index contributed by atoms with van der Waals surface area (Å²) in [4.78, 5) is 2.32. The van der Waals surface area contributed by atoms with Gasteiger partial charge in [-0.25, -0.2) is 4.68 Å². The zero-order valence-corrected chi connectivity index (χ0v) is 18.4. The lowest BCUT2D eigenvalue weighted by Gasteiger charge is -2.28. The third kappa shape index (κ3) is 4.68. The Hall–Kier alpha value is -2.36. The van der Waals surface area contributed by atoms with Crippen molar-refractivity contribution in [1.29, 1.82) is 0 Å². The molecule has 0 spiro atoms. The van der Waals surface area contributed by atoms with Crippen LogP contribution in [0.4, 0.5) is 5.69 Å². The van der Waals surface area contributed by atoms with Gasteiger partial charge in [0, 0.05) is 37.5 Å². The Bertz CT molecular complexity index is 768. The monoisotopic (exact) mass is 368 g/mol. The molecule has 0 fully saturated rings. The van der Waals surface area contributed by atoms with Crippen molar-refractivity contribution in [2.24, 2.45) is 7.05 Å². The van der Waals surface area contributed by atoms with Crippen molar-refractivity contribution in [1.82, 2.24) is 15.0 Å². The van der Waals surface area contributed by atoms with Crippen LogP contribution in [0.25, 0.3) is 16.8 Å². The molecule has 2 aromatic rings. The predicted molar refractivity (Wildman–Crippen MR) is 119 cm³/mol. The first-order valence-electron chi connectivity index (χ1n) is 10.4. The minimum absolute atomic E-state index is 0.916. The highest BCUT2D eigenvalue weighted by Crippen LogP contribution is 2.40. The molecule has 0 unspecified atom stereocenters. The van der Waals surface area contributed by atoms with Gasteiger partial charge in [-0.15, -0.1) is 5.10 Å². The smallest absolute Gasteiger partial charge is 0.121 e. The molecule has 1 aliphatic heterocycles. The average Bonchev–Trinajstić information content (AvgIpc) is 3.12. The molecule has 0 atom stereocenters. The third-order valence-corrected chi connectivity index (χ3v) is 4.31. The molecule has 1 aliphatic carbocycles. The number of fused-ring (bicyclic) bond motifs is 5. The molecule has 0 amide bonds. The third-order valence-electron chi connectivity index (χ3n) is 4.31. The lowest BCUT2D eigenvalue weighted by molar-refractivity contribution is 0.720. The molecule has 2 aliphatic rings. The van der Waals surface area contributed by atoms with E-state index in [2.05, 4.69) is 58.7 Å². The van der Waals surface area contributed by atoms with Gasteiger partial charge in [0.25, 0.3) is 0 Å². The number of hydrogen-bond donors (Lipinski definition) is 0. The Morgan fingerprint density at radius 2 is 1.48 bits per heavy atom. The Balaban J connectivity index is 0.000000556. The maximum atomic E-state index is 4.45. The van der Waals surface area contributed by atoms with E-state index in [1.54, 1.807) is 0 Å². The van der Waals surface area contributed by atoms with E-state index in [9.17, 15) is 0 Å². The highest BCUT2D eigenvalue weighted by Gasteiger charge is 2.26. The first-order chi connectivity index (χ1) is 13.3. The van der Waals surface area contributed by atoms with Crippen LogP contribution in [0.5, 0.6) is 0 Å². The largest absolute Gasteiger partial charge is 0.370 e. The molecule has 4 rings (SSSR count). The van der Waals surface area contributed by atoms with Crippen LogP contribution in [0.3, 0.4) is 0 Å². The molecule has 1 aromatic heterocycles. The summed E-state index contributed by atoms with van der Waals surface area (Å²) in [5, 5.41) is 8.73. The highest BCUT2D eigenvalue weighted by molar-refractivity contribution is 5.91. The summed E-state index contributed by atoms with van der Waals surface area (Å²) in [6, 6.07) is 8.50. The Morgan fingerprint density at radius 3 is 2.19 bits per heavy atom. The van der Waals surface area contributed by atoms with Gasteiger partial charge in [0.15, 0.2) is 0 Å². The van der Waals surface area contributed by atoms with Gasteiger partial charge in [0.05, 0.1) is 5.69 Å². The molecule has 0 bridgehead atoms. The highest BCUT2D eigenvalue weighted by atomic mass is 15.4. The number of para-hydroxylation sites is 1. The van der Waals surface area contributed by atoms with E-state index < -0.39 is 0 Å². The van der Waals surface area contributed by atoms with Crippen LogP contribution < -0.4 is 4.90 Å². The summed E-state index contributed by atoms with van der Waals surface area (Å²) < 4.78 is 1.89. The summed E-state index contributed by atoms with van der Waals surface area (Å²) in [6.45, 7) is 12.9. The molecule has 148 valence electrons. The summed E-state index contributed by atoms with van der Waals surface area (Å²) in [5.41, 5.74) is 7.17. The van der Waals surface area contributed by atoms with Gasteiger partial charge < -0.3 is 4.90 Å². The van der Waals surface area contributed by atoms with Crippen LogP contribution in [0.1, 0.15) is 60.1 Å². The lowest BCUT2D eigenvalue weighted by atomic mass is 9.90. The second-order valence-electron chi connectivity index (χ2n) is 5.71. The molecular formula is C23H36N4. The predicted octanol–water partition coefficient (Wildman–Crippen LogP) is 6.11. The van der Waals surface area contributed by atoms with Gasteiger partial charge in [0.1, 0.15) is 5.69 Å². The number of nitrogens with zero attached hydrogens (tertiary/aromatic N) is 4. The van der Waals surface area contributed by atoms with Crippen molar-refractivity contribution in [2.45, 2.75) is 54.4 Å². The first kappa shape index (κ1) is 22.7. The molecule has 2 heterocycles. The maximum Gasteiger partial charge on any atom is 0.121 e. The molecule has 0 saturated heterocycles. The van der Waals surface area contributed by atoms with E-state index >= 15 is 0 Å². The Labute approximate surface area is 165 Å². The van der Waals surface area contributed by atoms with E-state index in [0.29, 0.717) is 0 Å². The van der Waals surface area contributed by atoms with Gasteiger partial charge in [0.2, 0.25) is 0 Å². The number of aryl methyl sites for hydroxylation is 1. The van der Waals surface area contributed by atoms with E-state index in [1.165, 1.54) is 22.4 Å². The van der Waals surface area contributed by atoms with Gasteiger partial charge in [-0.3, -0.25) is 0 Å². The van der Waals surface area contributed by atoms with Crippen LogP contribution in [-0.4, -0.2) is 28.6 Å². The van der Waals surface area contributed by atoms with Crippen LogP contribution >= 0.6 is 0 Å². The van der Waals surface area contributed by atoms with Crippen LogP contribution in [0.2, 0.25) is 0 Å². The van der Waals surface area contributed by atoms with Crippen LogP contribution in [-0.2, 0) is 7.05 Å². The first-order valence-corrected chi connectivity index (χ1v) is 10.4. The van der Waals surface area contributed by atoms with E-state index in [0.717, 1.165) is 30.8 Å². The number of anilines is 1. The fourth-order valence-electron chi connectivity index (χ4n) is 3.31. The zero-order chi connectivity index (χ0) is 20.4. The number of rotatable bonds is 0. The van der Waals surface area contributed by atoms with Crippen LogP contribution in [0.15, 0.2) is 42.0 Å². The molecule has 4 nitrogen and oxygen atoms in total. The normalized spacial score (nSPS) is 13.9. The second kappa shape index (κ2) is 11.4. The van der Waals surface area contributed by atoms with Crippen molar-refractivity contribution in [3.63, 3.8) is 0 Å². The number of likely N-dealkylation sites (N-methyl/N-ethyl adjacent to an activating group) is 1. The molecule has 0 saturated carbocycles. The Kier molecular flexibility index (Phi) is 9.55. The summed E-state index contributed by atoms with van der Waals surface area (Å²) in [6.07, 6.45) is 6.85. The van der Waals surface area contributed by atoms with Crippen molar-refractivity contribution in [3.05, 3.63) is 47.7 Å². The summed E-state index contributed by atoms with van der Waals surface area (Å²) in [5.74, 6) is 0. The fourth-order valence-corrected chi connectivity index (χ4v) is 3.31. The minimum Gasteiger partial charge on any atom is -0.370 e. The van der Waals surface area contributed by atoms with Crippen molar-refractivity contribution in [2.75, 3.05) is 18.5 Å². The van der Waals surface area contributed by atoms with E-state index in [4.69, 9.17) is 0 Å². The minimum atomic E-state index is 0.916. The number of allylic oxidation sites excluding steroid dienone is 2. The SMILES string of the molecule is CC.CC.CC.CN1CC2=CCCC=C2c2nnn(C)c2-c2ccccc21. The van der Waals surface area contributed by atoms with Crippen molar-refractivity contribution in [3.8, 4) is 11.3 Å². The second-order valence-corrected chi connectivity index (χ2v) is 5.71. The quantitative estimate of drug-likeness (QED) is 0.562. The average molecular weight is 369 g/mol. The van der Waals surface area contributed by atoms with Gasteiger partial charge >= 0.3 is 0 Å². The van der Waals surface area contributed by atoms with Crippen LogP contribution in [0, 0.1) is 0 Å². The van der Waals surface area contributed by atoms with E-state index in [1.807, 2.05) is 53.3 Å². The summed E-state index contributed by atoms with van der Waals surface area (Å²) in [7, 11) is 4.12. The number of hydrogen-bond acceptors (Lipinski definition) is 3. The van der Waals surface area contributed by atoms with Crippen molar-refractivity contribution >= 4 is 11.3 Å². The topological polar surface area (TPSA) is 34.0 Å². The van der Waals surface area contributed by atoms with E-state index in [-0.39, 0.29) is 0 Å². The lowest BCUT2D eigenvalue weighted by Crippen LogP contribution is -2.24. The van der Waals surface area contributed by atoms with Gasteiger partial charge in [-0.1, -0.05) is 77.1 Å². The Morgan fingerprint density at radius 1 is 0.852 bits per heavy atom. The molecule has 0 N–H and O–H groups in total. The number of benzene rings is 1. The maximum absolute atomic E-state index is 4.45. The molecule has 4 heteroatoms. The molecular weight excluding hydrogens is 332 g/mol. The van der Waals surface area contributed by atoms with Gasteiger partial charge in [-0.05, 0) is 24.5 Å². The zero-order valence-electron chi connectivity index (χ0n) is 18.4. The molecule has 0 radical (unpaired) electrons. The number of aromatic nitrogens is 3. The molecule has 27 heavy (non-hydrogen) atoms. The van der Waals surface area contributed by atoms with Gasteiger partial charge in [-0.2, -0.15) is 0 Å². The molecule has 1 aromatic carbocycles. The fraction of sp³-hybridized carbons (Fsp3) is 0.478. The summed E-state index contributed by atoms with van der Waals surface area (Å²) >= 11 is 0.